The lowest BCUT2D eigenvalue weighted by atomic mass is 9.96. The van der Waals surface area contributed by atoms with E-state index in [9.17, 15) is 24.3 Å². The van der Waals surface area contributed by atoms with E-state index in [-0.39, 0.29) is 30.8 Å². The van der Waals surface area contributed by atoms with Gasteiger partial charge in [0.15, 0.2) is 12.0 Å². The predicted octanol–water partition coefficient (Wildman–Crippen LogP) is 0.248. The Hall–Kier alpha value is -3.71. The van der Waals surface area contributed by atoms with Crippen molar-refractivity contribution in [1.29, 1.82) is 5.41 Å². The van der Waals surface area contributed by atoms with Crippen LogP contribution in [0.1, 0.15) is 65.9 Å². The third-order valence-electron chi connectivity index (χ3n) is 6.73. The van der Waals surface area contributed by atoms with Gasteiger partial charge in [0.25, 0.3) is 0 Å². The number of nitrogens with one attached hydrogen (secondary N) is 5. The summed E-state index contributed by atoms with van der Waals surface area (Å²) < 4.78 is 5.31. The molecule has 1 aromatic rings. The lowest BCUT2D eigenvalue weighted by Gasteiger charge is -2.29. The number of nitrogens with two attached hydrogens (primary N) is 2. The molecule has 42 heavy (non-hydrogen) atoms. The van der Waals surface area contributed by atoms with Crippen LogP contribution in [0.15, 0.2) is 30.3 Å². The van der Waals surface area contributed by atoms with E-state index < -0.39 is 54.0 Å². The van der Waals surface area contributed by atoms with E-state index in [0.717, 1.165) is 5.56 Å². The van der Waals surface area contributed by atoms with E-state index in [2.05, 4.69) is 21.3 Å². The van der Waals surface area contributed by atoms with Crippen molar-refractivity contribution in [2.24, 2.45) is 23.3 Å². The number of carbonyl (C=O) groups excluding carboxylic acids is 4. The highest BCUT2D eigenvalue weighted by molar-refractivity contribution is 5.94. The quantitative estimate of drug-likeness (QED) is 0.0506. The Morgan fingerprint density at radius 3 is 2.12 bits per heavy atom. The zero-order valence-corrected chi connectivity index (χ0v) is 25.3. The van der Waals surface area contributed by atoms with Gasteiger partial charge in [0.05, 0.1) is 12.1 Å². The molecule has 0 saturated heterocycles. The Labute approximate surface area is 248 Å². The maximum Gasteiger partial charge on any atom is 0.331 e. The van der Waals surface area contributed by atoms with Crippen LogP contribution in [0.4, 0.5) is 0 Å². The maximum atomic E-state index is 13.4. The van der Waals surface area contributed by atoms with E-state index in [0.29, 0.717) is 25.8 Å². The third-order valence-corrected chi connectivity index (χ3v) is 6.73. The summed E-state index contributed by atoms with van der Waals surface area (Å²) in [5.74, 6) is -3.02. The van der Waals surface area contributed by atoms with Gasteiger partial charge in [0.1, 0.15) is 18.7 Å². The second kappa shape index (κ2) is 18.7. The molecule has 0 unspecified atom stereocenters. The van der Waals surface area contributed by atoms with Gasteiger partial charge >= 0.3 is 5.97 Å². The smallest absolute Gasteiger partial charge is 0.331 e. The van der Waals surface area contributed by atoms with Crippen molar-refractivity contribution in [2.75, 3.05) is 6.54 Å². The number of rotatable bonds is 18. The number of benzene rings is 1. The largest absolute Gasteiger partial charge is 0.459 e. The van der Waals surface area contributed by atoms with Crippen LogP contribution >= 0.6 is 0 Å². The van der Waals surface area contributed by atoms with Crippen LogP contribution in [0.3, 0.4) is 0 Å². The molecular weight excluding hydrogens is 542 g/mol. The first kappa shape index (κ1) is 36.3. The molecule has 1 aromatic carbocycles. The highest BCUT2D eigenvalue weighted by Crippen LogP contribution is 2.12. The molecule has 0 aliphatic carbocycles. The Balaban J connectivity index is 3.03. The molecule has 0 bridgehead atoms. The molecule has 0 saturated carbocycles. The van der Waals surface area contributed by atoms with Crippen molar-refractivity contribution in [3.8, 4) is 0 Å². The van der Waals surface area contributed by atoms with Crippen LogP contribution < -0.4 is 32.7 Å². The van der Waals surface area contributed by atoms with Gasteiger partial charge in [0.2, 0.25) is 17.7 Å². The molecule has 0 aromatic heterocycles. The minimum absolute atomic E-state index is 0.0386. The summed E-state index contributed by atoms with van der Waals surface area (Å²) in [6.45, 7) is 9.07. The SMILES string of the molecule is CC[C@H](C)[C@H](NC(=O)[C@@H](CCCNC(=N)N)NC(=O)[C@@H](N)CC(C)C)C(=O)N[C@H](C(=O)OCc1ccccc1)[C@H](C)O. The lowest BCUT2D eigenvalue weighted by molar-refractivity contribution is -0.152. The molecule has 0 aliphatic heterocycles. The van der Waals surface area contributed by atoms with Crippen LogP contribution in [0.5, 0.6) is 0 Å². The van der Waals surface area contributed by atoms with Crippen LogP contribution in [0, 0.1) is 17.2 Å². The average Bonchev–Trinajstić information content (AvgIpc) is 2.93. The Bertz CT molecular complexity index is 1020. The summed E-state index contributed by atoms with van der Waals surface area (Å²) in [4.78, 5) is 52.3. The minimum Gasteiger partial charge on any atom is -0.459 e. The standard InChI is InChI=1S/C29H49N7O6/c1-6-18(4)23(27(40)36-24(19(5)37)28(41)42-16-20-11-8-7-9-12-20)35-26(39)22(13-10-14-33-29(31)32)34-25(38)21(30)15-17(2)3/h7-9,11-12,17-19,21-24,37H,6,10,13-16,30H2,1-5H3,(H,34,38)(H,35,39)(H,36,40)(H4,31,32,33)/t18-,19-,21-,22+,23-,24-/m0/s1. The van der Waals surface area contributed by atoms with Gasteiger partial charge in [0, 0.05) is 6.54 Å². The van der Waals surface area contributed by atoms with E-state index in [1.807, 2.05) is 26.8 Å². The normalized spacial score (nSPS) is 15.3. The minimum atomic E-state index is -1.37. The summed E-state index contributed by atoms with van der Waals surface area (Å²) in [5.41, 5.74) is 12.1. The van der Waals surface area contributed by atoms with Crippen molar-refractivity contribution in [3.05, 3.63) is 35.9 Å². The number of guanidine groups is 1. The van der Waals surface area contributed by atoms with Crippen LogP contribution in [-0.4, -0.2) is 71.6 Å². The number of hydrogen-bond acceptors (Lipinski definition) is 8. The summed E-state index contributed by atoms with van der Waals surface area (Å²) in [6, 6.07) is 4.68. The first-order valence-electron chi connectivity index (χ1n) is 14.4. The number of esters is 1. The summed E-state index contributed by atoms with van der Waals surface area (Å²) in [7, 11) is 0. The first-order chi connectivity index (χ1) is 19.8. The monoisotopic (exact) mass is 591 g/mol. The molecule has 13 heteroatoms. The zero-order chi connectivity index (χ0) is 31.8. The number of hydrogen-bond donors (Lipinski definition) is 8. The summed E-state index contributed by atoms with van der Waals surface area (Å²) >= 11 is 0. The predicted molar refractivity (Wildman–Crippen MR) is 160 cm³/mol. The second-order valence-corrected chi connectivity index (χ2v) is 11.0. The fourth-order valence-corrected chi connectivity index (χ4v) is 4.09. The van der Waals surface area contributed by atoms with Crippen LogP contribution in [0.2, 0.25) is 0 Å². The van der Waals surface area contributed by atoms with Gasteiger partial charge in [-0.25, -0.2) is 4.79 Å². The molecule has 0 radical (unpaired) electrons. The molecule has 0 spiro atoms. The van der Waals surface area contributed by atoms with Crippen molar-refractivity contribution in [2.45, 2.75) is 97.2 Å². The van der Waals surface area contributed by atoms with E-state index >= 15 is 0 Å². The fraction of sp³-hybridized carbons (Fsp3) is 0.621. The van der Waals surface area contributed by atoms with Crippen molar-refractivity contribution in [1.82, 2.24) is 21.3 Å². The molecule has 10 N–H and O–H groups in total. The number of aliphatic hydroxyl groups excluding tert-OH is 1. The van der Waals surface area contributed by atoms with Gasteiger partial charge in [-0.2, -0.15) is 0 Å². The molecule has 236 valence electrons. The molecule has 0 aliphatic rings. The van der Waals surface area contributed by atoms with Crippen LogP contribution in [0.25, 0.3) is 0 Å². The highest BCUT2D eigenvalue weighted by atomic mass is 16.5. The topological polar surface area (TPSA) is 222 Å². The van der Waals surface area contributed by atoms with Gasteiger partial charge in [-0.3, -0.25) is 19.8 Å². The van der Waals surface area contributed by atoms with Gasteiger partial charge in [-0.15, -0.1) is 0 Å². The number of aliphatic hydroxyl groups is 1. The molecule has 0 heterocycles. The summed E-state index contributed by atoms with van der Waals surface area (Å²) in [5, 5.41) is 28.1. The van der Waals surface area contributed by atoms with Gasteiger partial charge in [-0.05, 0) is 43.6 Å². The van der Waals surface area contributed by atoms with E-state index in [1.165, 1.54) is 6.92 Å². The lowest BCUT2D eigenvalue weighted by Crippen LogP contribution is -2.60. The number of ether oxygens (including phenoxy) is 1. The Morgan fingerprint density at radius 2 is 1.57 bits per heavy atom. The van der Waals surface area contributed by atoms with Gasteiger partial charge < -0.3 is 42.6 Å². The number of carbonyl (C=O) groups is 4. The van der Waals surface area contributed by atoms with Crippen LogP contribution in [-0.2, 0) is 30.5 Å². The first-order valence-corrected chi connectivity index (χ1v) is 14.4. The Kier molecular flexibility index (Phi) is 16.1. The summed E-state index contributed by atoms with van der Waals surface area (Å²) in [6.07, 6.45) is 0.229. The fourth-order valence-electron chi connectivity index (χ4n) is 4.09. The molecule has 13 nitrogen and oxygen atoms in total. The molecule has 6 atom stereocenters. The highest BCUT2D eigenvalue weighted by Gasteiger charge is 2.34. The van der Waals surface area contributed by atoms with Crippen molar-refractivity contribution in [3.63, 3.8) is 0 Å². The second-order valence-electron chi connectivity index (χ2n) is 11.0. The third kappa shape index (κ3) is 13.3. The Morgan fingerprint density at radius 1 is 0.952 bits per heavy atom. The van der Waals surface area contributed by atoms with Crippen molar-refractivity contribution < 1.29 is 29.0 Å². The molecular formula is C29H49N7O6. The molecule has 0 fully saturated rings. The van der Waals surface area contributed by atoms with E-state index in [4.69, 9.17) is 21.6 Å². The molecule has 3 amide bonds. The van der Waals surface area contributed by atoms with Crippen molar-refractivity contribution >= 4 is 29.7 Å². The maximum absolute atomic E-state index is 13.4. The van der Waals surface area contributed by atoms with Gasteiger partial charge in [-0.1, -0.05) is 64.4 Å². The number of amides is 3. The zero-order valence-electron chi connectivity index (χ0n) is 25.3. The van der Waals surface area contributed by atoms with E-state index in [1.54, 1.807) is 31.2 Å². The average molecular weight is 592 g/mol. The molecule has 1 rings (SSSR count).